The zero-order chi connectivity index (χ0) is 12.7. The summed E-state index contributed by atoms with van der Waals surface area (Å²) in [7, 11) is 0. The fourth-order valence-electron chi connectivity index (χ4n) is 1.50. The van der Waals surface area contributed by atoms with Gasteiger partial charge in [-0.05, 0) is 17.7 Å². The van der Waals surface area contributed by atoms with Crippen LogP contribution in [0.1, 0.15) is 5.56 Å². The van der Waals surface area contributed by atoms with Crippen molar-refractivity contribution in [3.8, 4) is 0 Å². The number of carbonyl (C=O) groups is 1. The molecule has 0 saturated carbocycles. The van der Waals surface area contributed by atoms with E-state index in [2.05, 4.69) is 12.6 Å². The smallest absolute Gasteiger partial charge is 0.227 e. The maximum absolute atomic E-state index is 11.9. The lowest BCUT2D eigenvalue weighted by Crippen LogP contribution is -2.36. The van der Waals surface area contributed by atoms with Crippen molar-refractivity contribution in [3.63, 3.8) is 0 Å². The van der Waals surface area contributed by atoms with Crippen LogP contribution in [0.5, 0.6) is 0 Å². The van der Waals surface area contributed by atoms with Gasteiger partial charge in [-0.3, -0.25) is 4.79 Å². The average molecular weight is 255 g/mol. The van der Waals surface area contributed by atoms with Crippen molar-refractivity contribution in [3.05, 3.63) is 29.8 Å². The van der Waals surface area contributed by atoms with Gasteiger partial charge in [0.05, 0.1) is 19.6 Å². The van der Waals surface area contributed by atoms with Crippen LogP contribution < -0.4 is 0 Å². The summed E-state index contributed by atoms with van der Waals surface area (Å²) in [5.74, 6) is -0.0972. The normalized spacial score (nSPS) is 10.3. The molecular formula is C12H17NO3S. The van der Waals surface area contributed by atoms with E-state index in [-0.39, 0.29) is 38.6 Å². The number of benzene rings is 1. The van der Waals surface area contributed by atoms with Crippen LogP contribution in [0, 0.1) is 0 Å². The molecule has 94 valence electrons. The van der Waals surface area contributed by atoms with Gasteiger partial charge in [0.2, 0.25) is 5.91 Å². The van der Waals surface area contributed by atoms with Crippen LogP contribution in [0.2, 0.25) is 0 Å². The fourth-order valence-corrected chi connectivity index (χ4v) is 1.65. The predicted molar refractivity (Wildman–Crippen MR) is 68.1 cm³/mol. The number of aliphatic hydroxyl groups excluding tert-OH is 2. The van der Waals surface area contributed by atoms with Crippen LogP contribution in [0.25, 0.3) is 0 Å². The van der Waals surface area contributed by atoms with Crippen molar-refractivity contribution in [1.29, 1.82) is 0 Å². The molecule has 5 heteroatoms. The van der Waals surface area contributed by atoms with Gasteiger partial charge >= 0.3 is 0 Å². The Kier molecular flexibility index (Phi) is 6.04. The molecule has 0 aromatic heterocycles. The van der Waals surface area contributed by atoms with Crippen LogP contribution in [0.3, 0.4) is 0 Å². The van der Waals surface area contributed by atoms with Gasteiger partial charge in [-0.15, -0.1) is 12.6 Å². The summed E-state index contributed by atoms with van der Waals surface area (Å²) in [6.45, 7) is 0.316. The molecule has 1 rings (SSSR count). The summed E-state index contributed by atoms with van der Waals surface area (Å²) in [4.78, 5) is 14.2. The minimum absolute atomic E-state index is 0.0959. The molecule has 1 amide bonds. The quantitative estimate of drug-likeness (QED) is 0.642. The Bertz CT molecular complexity index is 347. The Morgan fingerprint density at radius 3 is 2.12 bits per heavy atom. The van der Waals surface area contributed by atoms with Crippen molar-refractivity contribution in [1.82, 2.24) is 4.90 Å². The Hall–Kier alpha value is -1.04. The van der Waals surface area contributed by atoms with Crippen molar-refractivity contribution in [2.75, 3.05) is 26.3 Å². The lowest BCUT2D eigenvalue weighted by atomic mass is 10.1. The second-order valence-electron chi connectivity index (χ2n) is 3.67. The highest BCUT2D eigenvalue weighted by Crippen LogP contribution is 2.09. The summed E-state index contributed by atoms with van der Waals surface area (Å²) in [6, 6.07) is 7.34. The van der Waals surface area contributed by atoms with Crippen LogP contribution in [0.4, 0.5) is 0 Å². The molecule has 0 saturated heterocycles. The van der Waals surface area contributed by atoms with Crippen molar-refractivity contribution >= 4 is 18.5 Å². The van der Waals surface area contributed by atoms with Gasteiger partial charge in [0.1, 0.15) is 0 Å². The van der Waals surface area contributed by atoms with Gasteiger partial charge in [-0.1, -0.05) is 12.1 Å². The summed E-state index contributed by atoms with van der Waals surface area (Å²) >= 11 is 4.17. The summed E-state index contributed by atoms with van der Waals surface area (Å²) < 4.78 is 0. The highest BCUT2D eigenvalue weighted by atomic mass is 32.1. The second-order valence-corrected chi connectivity index (χ2v) is 4.19. The van der Waals surface area contributed by atoms with Crippen molar-refractivity contribution < 1.29 is 15.0 Å². The molecule has 0 aliphatic heterocycles. The van der Waals surface area contributed by atoms with E-state index in [0.717, 1.165) is 10.5 Å². The van der Waals surface area contributed by atoms with Gasteiger partial charge in [-0.2, -0.15) is 0 Å². The van der Waals surface area contributed by atoms with Crippen LogP contribution >= 0.6 is 12.6 Å². The van der Waals surface area contributed by atoms with Crippen LogP contribution in [-0.4, -0.2) is 47.3 Å². The number of aliphatic hydroxyl groups is 2. The molecular weight excluding hydrogens is 238 g/mol. The van der Waals surface area contributed by atoms with E-state index in [1.165, 1.54) is 4.90 Å². The fraction of sp³-hybridized carbons (Fsp3) is 0.417. The van der Waals surface area contributed by atoms with Crippen LogP contribution in [-0.2, 0) is 11.2 Å². The third-order valence-corrected chi connectivity index (χ3v) is 2.68. The molecule has 0 atom stereocenters. The van der Waals surface area contributed by atoms with Gasteiger partial charge in [-0.25, -0.2) is 0 Å². The average Bonchev–Trinajstić information content (AvgIpc) is 2.32. The predicted octanol–water partition coefficient (Wildman–Crippen LogP) is 0.331. The highest BCUT2D eigenvalue weighted by molar-refractivity contribution is 7.80. The number of amides is 1. The van der Waals surface area contributed by atoms with Crippen molar-refractivity contribution in [2.45, 2.75) is 11.3 Å². The largest absolute Gasteiger partial charge is 0.395 e. The van der Waals surface area contributed by atoms with Crippen LogP contribution in [0.15, 0.2) is 29.2 Å². The molecule has 2 N–H and O–H groups in total. The Labute approximate surface area is 106 Å². The molecule has 4 nitrogen and oxygen atoms in total. The van der Waals surface area contributed by atoms with Crippen molar-refractivity contribution in [2.24, 2.45) is 0 Å². The van der Waals surface area contributed by atoms with E-state index in [4.69, 9.17) is 10.2 Å². The summed E-state index contributed by atoms with van der Waals surface area (Å²) in [6.07, 6.45) is 0.272. The monoisotopic (exact) mass is 255 g/mol. The first-order chi connectivity index (χ1) is 8.17. The zero-order valence-corrected chi connectivity index (χ0v) is 10.4. The molecule has 0 radical (unpaired) electrons. The Balaban J connectivity index is 2.59. The first-order valence-electron chi connectivity index (χ1n) is 5.44. The third kappa shape index (κ3) is 4.77. The van der Waals surface area contributed by atoms with E-state index < -0.39 is 0 Å². The standard InChI is InChI=1S/C12H17NO3S/c14-7-5-13(6-8-15)12(16)9-10-1-3-11(17)4-2-10/h1-4,14-15,17H,5-9H2. The second kappa shape index (κ2) is 7.32. The van der Waals surface area contributed by atoms with Gasteiger partial charge in [0.15, 0.2) is 0 Å². The first kappa shape index (κ1) is 14.0. The first-order valence-corrected chi connectivity index (χ1v) is 5.89. The van der Waals surface area contributed by atoms with E-state index >= 15 is 0 Å². The SMILES string of the molecule is O=C(Cc1ccc(S)cc1)N(CCO)CCO. The maximum Gasteiger partial charge on any atom is 0.227 e. The molecule has 0 bridgehead atoms. The molecule has 0 fully saturated rings. The maximum atomic E-state index is 11.9. The van der Waals surface area contributed by atoms with E-state index in [1.807, 2.05) is 24.3 Å². The molecule has 0 heterocycles. The summed E-state index contributed by atoms with van der Waals surface area (Å²) in [5, 5.41) is 17.7. The minimum atomic E-state index is -0.0972. The molecule has 1 aromatic carbocycles. The molecule has 0 unspecified atom stereocenters. The highest BCUT2D eigenvalue weighted by Gasteiger charge is 2.12. The lowest BCUT2D eigenvalue weighted by molar-refractivity contribution is -0.131. The lowest BCUT2D eigenvalue weighted by Gasteiger charge is -2.20. The van der Waals surface area contributed by atoms with E-state index in [9.17, 15) is 4.79 Å². The third-order valence-electron chi connectivity index (χ3n) is 2.38. The van der Waals surface area contributed by atoms with Gasteiger partial charge in [0, 0.05) is 18.0 Å². The number of hydrogen-bond acceptors (Lipinski definition) is 4. The Morgan fingerprint density at radius 1 is 1.12 bits per heavy atom. The Morgan fingerprint density at radius 2 is 1.65 bits per heavy atom. The number of carbonyl (C=O) groups excluding carboxylic acids is 1. The molecule has 0 aliphatic carbocycles. The van der Waals surface area contributed by atoms with E-state index in [0.29, 0.717) is 0 Å². The zero-order valence-electron chi connectivity index (χ0n) is 9.54. The molecule has 1 aromatic rings. The van der Waals surface area contributed by atoms with E-state index in [1.54, 1.807) is 0 Å². The topological polar surface area (TPSA) is 60.8 Å². The number of nitrogens with zero attached hydrogens (tertiary/aromatic N) is 1. The minimum Gasteiger partial charge on any atom is -0.395 e. The van der Waals surface area contributed by atoms with Gasteiger partial charge < -0.3 is 15.1 Å². The molecule has 17 heavy (non-hydrogen) atoms. The van der Waals surface area contributed by atoms with Gasteiger partial charge in [0.25, 0.3) is 0 Å². The number of rotatable bonds is 6. The molecule has 0 aliphatic rings. The number of hydrogen-bond donors (Lipinski definition) is 3. The summed E-state index contributed by atoms with van der Waals surface area (Å²) in [5.41, 5.74) is 0.897. The number of thiol groups is 1. The molecule has 0 spiro atoms.